The van der Waals surface area contributed by atoms with E-state index < -0.39 is 5.82 Å². The first-order valence-corrected chi connectivity index (χ1v) is 6.35. The Hall–Kier alpha value is -2.07. The summed E-state index contributed by atoms with van der Waals surface area (Å²) in [5, 5.41) is 8.11. The van der Waals surface area contributed by atoms with E-state index in [0.717, 1.165) is 11.1 Å². The summed E-state index contributed by atoms with van der Waals surface area (Å²) >= 11 is 6.09. The maximum atomic E-state index is 13.7. The molecule has 0 aromatic heterocycles. The van der Waals surface area contributed by atoms with Crippen molar-refractivity contribution in [1.29, 1.82) is 5.41 Å². The molecule has 2 aromatic carbocycles. The zero-order chi connectivity index (χ0) is 14.9. The lowest BCUT2D eigenvalue weighted by atomic mass is 10.1. The first kappa shape index (κ1) is 14.3. The van der Waals surface area contributed by atoms with Crippen molar-refractivity contribution in [2.75, 3.05) is 0 Å². The van der Waals surface area contributed by atoms with Gasteiger partial charge >= 0.3 is 0 Å². The minimum atomic E-state index is -0.586. The Morgan fingerprint density at radius 1 is 1.25 bits per heavy atom. The molecule has 0 atom stereocenters. The van der Waals surface area contributed by atoms with Gasteiger partial charge < -0.3 is 10.5 Å². The second kappa shape index (κ2) is 5.51. The summed E-state index contributed by atoms with van der Waals surface area (Å²) in [4.78, 5) is 0. The van der Waals surface area contributed by atoms with Crippen LogP contribution >= 0.6 is 11.6 Å². The number of hydrogen-bond donors (Lipinski definition) is 2. The zero-order valence-electron chi connectivity index (χ0n) is 11.1. The van der Waals surface area contributed by atoms with Crippen LogP contribution in [0.3, 0.4) is 0 Å². The van der Waals surface area contributed by atoms with Crippen LogP contribution in [-0.2, 0) is 0 Å². The summed E-state index contributed by atoms with van der Waals surface area (Å²) < 4.78 is 19.4. The fourth-order valence-corrected chi connectivity index (χ4v) is 2.05. The third-order valence-electron chi connectivity index (χ3n) is 2.88. The number of benzene rings is 2. The molecule has 0 aliphatic rings. The van der Waals surface area contributed by atoms with Gasteiger partial charge in [-0.3, -0.25) is 5.41 Å². The highest BCUT2D eigenvalue weighted by Gasteiger charge is 2.14. The van der Waals surface area contributed by atoms with Crippen LogP contribution in [0.1, 0.15) is 16.7 Å². The van der Waals surface area contributed by atoms with Gasteiger partial charge in [-0.15, -0.1) is 0 Å². The molecule has 5 heteroatoms. The number of hydrogen-bond acceptors (Lipinski definition) is 2. The Labute approximate surface area is 121 Å². The van der Waals surface area contributed by atoms with Gasteiger partial charge in [0.25, 0.3) is 0 Å². The third-order valence-corrected chi connectivity index (χ3v) is 3.48. The SMILES string of the molecule is Cc1cc(Oc2cccc(F)c2C(=N)N)cc(C)c1Cl. The van der Waals surface area contributed by atoms with Crippen molar-refractivity contribution >= 4 is 17.4 Å². The Balaban J connectivity index is 2.45. The van der Waals surface area contributed by atoms with Crippen LogP contribution in [0, 0.1) is 25.1 Å². The number of amidine groups is 1. The van der Waals surface area contributed by atoms with E-state index in [9.17, 15) is 4.39 Å². The number of nitrogen functional groups attached to an aromatic ring is 1. The number of rotatable bonds is 3. The molecule has 0 saturated carbocycles. The van der Waals surface area contributed by atoms with Crippen molar-refractivity contribution in [3.8, 4) is 11.5 Å². The smallest absolute Gasteiger partial charge is 0.141 e. The minimum absolute atomic E-state index is 0.0437. The van der Waals surface area contributed by atoms with E-state index in [2.05, 4.69) is 0 Å². The van der Waals surface area contributed by atoms with Gasteiger partial charge in [0.15, 0.2) is 0 Å². The second-order valence-corrected chi connectivity index (χ2v) is 4.88. The van der Waals surface area contributed by atoms with E-state index >= 15 is 0 Å². The van der Waals surface area contributed by atoms with Crippen molar-refractivity contribution in [1.82, 2.24) is 0 Å². The highest BCUT2D eigenvalue weighted by Crippen LogP contribution is 2.31. The predicted octanol–water partition coefficient (Wildman–Crippen LogP) is 4.17. The molecule has 0 fully saturated rings. The van der Waals surface area contributed by atoms with Gasteiger partial charge in [0.05, 0.1) is 5.56 Å². The van der Waals surface area contributed by atoms with Crippen LogP contribution in [0.25, 0.3) is 0 Å². The average molecular weight is 293 g/mol. The molecule has 0 aliphatic carbocycles. The van der Waals surface area contributed by atoms with Gasteiger partial charge in [0.1, 0.15) is 23.2 Å². The van der Waals surface area contributed by atoms with Crippen LogP contribution in [0.5, 0.6) is 11.5 Å². The zero-order valence-corrected chi connectivity index (χ0v) is 11.9. The second-order valence-electron chi connectivity index (χ2n) is 4.50. The quantitative estimate of drug-likeness (QED) is 0.659. The predicted molar refractivity (Wildman–Crippen MR) is 78.4 cm³/mol. The van der Waals surface area contributed by atoms with Gasteiger partial charge in [0.2, 0.25) is 0 Å². The lowest BCUT2D eigenvalue weighted by Gasteiger charge is -2.13. The highest BCUT2D eigenvalue weighted by atomic mass is 35.5. The van der Waals surface area contributed by atoms with Crippen molar-refractivity contribution < 1.29 is 9.13 Å². The molecule has 20 heavy (non-hydrogen) atoms. The lowest BCUT2D eigenvalue weighted by molar-refractivity contribution is 0.474. The fourth-order valence-electron chi connectivity index (χ4n) is 1.94. The molecule has 104 valence electrons. The summed E-state index contributed by atoms with van der Waals surface area (Å²) in [5.41, 5.74) is 7.08. The summed E-state index contributed by atoms with van der Waals surface area (Å²) in [6.07, 6.45) is 0. The van der Waals surface area contributed by atoms with Crippen LogP contribution in [-0.4, -0.2) is 5.84 Å². The lowest BCUT2D eigenvalue weighted by Crippen LogP contribution is -2.14. The first-order valence-electron chi connectivity index (χ1n) is 5.97. The van der Waals surface area contributed by atoms with Crippen LogP contribution in [0.2, 0.25) is 5.02 Å². The standard InChI is InChI=1S/C15H14ClFN2O/c1-8-6-10(7-9(2)14(8)16)20-12-5-3-4-11(17)13(12)15(18)19/h3-7H,1-2H3,(H3,18,19). The van der Waals surface area contributed by atoms with Crippen molar-refractivity contribution in [2.45, 2.75) is 13.8 Å². The summed E-state index contributed by atoms with van der Waals surface area (Å²) in [5.74, 6) is -0.228. The van der Waals surface area contributed by atoms with Crippen LogP contribution in [0.15, 0.2) is 30.3 Å². The molecule has 0 radical (unpaired) electrons. The summed E-state index contributed by atoms with van der Waals surface area (Å²) in [6, 6.07) is 7.82. The number of nitrogens with two attached hydrogens (primary N) is 1. The van der Waals surface area contributed by atoms with E-state index in [0.29, 0.717) is 10.8 Å². The molecule has 0 aliphatic heterocycles. The van der Waals surface area contributed by atoms with E-state index in [4.69, 9.17) is 27.5 Å². The molecule has 0 spiro atoms. The van der Waals surface area contributed by atoms with Crippen molar-refractivity contribution in [3.05, 3.63) is 57.9 Å². The maximum absolute atomic E-state index is 13.7. The Kier molecular flexibility index (Phi) is 3.95. The fraction of sp³-hybridized carbons (Fsp3) is 0.133. The van der Waals surface area contributed by atoms with E-state index in [-0.39, 0.29) is 17.1 Å². The maximum Gasteiger partial charge on any atom is 0.141 e. The topological polar surface area (TPSA) is 59.1 Å². The third kappa shape index (κ3) is 2.75. The average Bonchev–Trinajstić information content (AvgIpc) is 2.35. The molecular formula is C15H14ClFN2O. The summed E-state index contributed by atoms with van der Waals surface area (Å²) in [7, 11) is 0. The number of aryl methyl sites for hydroxylation is 2. The number of nitrogens with one attached hydrogen (secondary N) is 1. The molecule has 2 rings (SSSR count). The Morgan fingerprint density at radius 2 is 1.85 bits per heavy atom. The molecular weight excluding hydrogens is 279 g/mol. The molecule has 2 aromatic rings. The van der Waals surface area contributed by atoms with E-state index in [1.807, 2.05) is 13.8 Å². The van der Waals surface area contributed by atoms with Gasteiger partial charge in [-0.25, -0.2) is 4.39 Å². The Morgan fingerprint density at radius 3 is 2.40 bits per heavy atom. The monoisotopic (exact) mass is 292 g/mol. The van der Waals surface area contributed by atoms with E-state index in [1.54, 1.807) is 18.2 Å². The largest absolute Gasteiger partial charge is 0.456 e. The molecule has 0 unspecified atom stereocenters. The minimum Gasteiger partial charge on any atom is -0.456 e. The number of ether oxygens (including phenoxy) is 1. The van der Waals surface area contributed by atoms with Crippen LogP contribution in [0.4, 0.5) is 4.39 Å². The van der Waals surface area contributed by atoms with Gasteiger partial charge in [-0.2, -0.15) is 0 Å². The van der Waals surface area contributed by atoms with Gasteiger partial charge in [0, 0.05) is 5.02 Å². The normalized spacial score (nSPS) is 10.4. The molecule has 3 N–H and O–H groups in total. The van der Waals surface area contributed by atoms with Gasteiger partial charge in [-0.05, 0) is 49.2 Å². The highest BCUT2D eigenvalue weighted by molar-refractivity contribution is 6.32. The van der Waals surface area contributed by atoms with Crippen molar-refractivity contribution in [2.24, 2.45) is 5.73 Å². The molecule has 0 heterocycles. The number of halogens is 2. The van der Waals surface area contributed by atoms with Crippen molar-refractivity contribution in [3.63, 3.8) is 0 Å². The summed E-state index contributed by atoms with van der Waals surface area (Å²) in [6.45, 7) is 3.72. The van der Waals surface area contributed by atoms with Crippen LogP contribution < -0.4 is 10.5 Å². The first-order chi connectivity index (χ1) is 9.40. The molecule has 0 amide bonds. The van der Waals surface area contributed by atoms with E-state index in [1.165, 1.54) is 12.1 Å². The van der Waals surface area contributed by atoms with Gasteiger partial charge in [-0.1, -0.05) is 17.7 Å². The molecule has 0 bridgehead atoms. The Bertz CT molecular complexity index is 663. The molecule has 0 saturated heterocycles. The molecule has 3 nitrogen and oxygen atoms in total.